The predicted molar refractivity (Wildman–Crippen MR) is 127 cm³/mol. The summed E-state index contributed by atoms with van der Waals surface area (Å²) in [5.74, 6) is 1.41. The van der Waals surface area contributed by atoms with Gasteiger partial charge >= 0.3 is 0 Å². The van der Waals surface area contributed by atoms with Gasteiger partial charge in [-0.1, -0.05) is 41.7 Å². The molecule has 4 aromatic rings. The van der Waals surface area contributed by atoms with Crippen LogP contribution >= 0.6 is 11.3 Å². The number of carbonyl (C=O) groups is 1. The standard InChI is InChI=1S/C26H23N3O3S/c1-17-24(25(30)28-16-18-11-13-27-14-12-18)33-26(29-17)31-21-8-10-23-20(15-21)7-9-22(32-23)19-5-3-2-4-6-19/h2-6,8,10-15,22H,7,9,16H2,1H3,(H,28,30)/t22-/m0/s1. The smallest absolute Gasteiger partial charge is 0.279 e. The first-order valence-electron chi connectivity index (χ1n) is 10.8. The Hall–Kier alpha value is -3.71. The van der Waals surface area contributed by atoms with Gasteiger partial charge in [0.15, 0.2) is 0 Å². The Morgan fingerprint density at radius 1 is 1.15 bits per heavy atom. The molecular formula is C26H23N3O3S. The number of pyridine rings is 1. The maximum absolute atomic E-state index is 12.6. The minimum absolute atomic E-state index is 0.0697. The second kappa shape index (κ2) is 9.42. The van der Waals surface area contributed by atoms with E-state index in [9.17, 15) is 4.79 Å². The molecule has 7 heteroatoms. The molecule has 3 heterocycles. The first-order chi connectivity index (χ1) is 16.2. The van der Waals surface area contributed by atoms with Crippen molar-refractivity contribution in [2.45, 2.75) is 32.4 Å². The van der Waals surface area contributed by atoms with Gasteiger partial charge in [-0.2, -0.15) is 0 Å². The van der Waals surface area contributed by atoms with E-state index in [1.54, 1.807) is 12.4 Å². The van der Waals surface area contributed by atoms with E-state index in [1.807, 2.05) is 55.5 Å². The van der Waals surface area contributed by atoms with Gasteiger partial charge in [-0.15, -0.1) is 0 Å². The number of aromatic nitrogens is 2. The third-order valence-corrected chi connectivity index (χ3v) is 6.57. The van der Waals surface area contributed by atoms with Gasteiger partial charge in [0, 0.05) is 18.9 Å². The molecule has 2 aromatic heterocycles. The van der Waals surface area contributed by atoms with Crippen molar-refractivity contribution in [3.63, 3.8) is 0 Å². The van der Waals surface area contributed by atoms with Crippen LogP contribution in [0.5, 0.6) is 16.7 Å². The summed E-state index contributed by atoms with van der Waals surface area (Å²) < 4.78 is 12.2. The van der Waals surface area contributed by atoms with Crippen LogP contribution in [0.4, 0.5) is 0 Å². The summed E-state index contributed by atoms with van der Waals surface area (Å²) in [4.78, 5) is 21.6. The minimum Gasteiger partial charge on any atom is -0.485 e. The van der Waals surface area contributed by atoms with E-state index in [-0.39, 0.29) is 12.0 Å². The number of hydrogen-bond donors (Lipinski definition) is 1. The fourth-order valence-electron chi connectivity index (χ4n) is 3.82. The zero-order chi connectivity index (χ0) is 22.6. The Morgan fingerprint density at radius 3 is 2.79 bits per heavy atom. The van der Waals surface area contributed by atoms with Crippen molar-refractivity contribution >= 4 is 17.2 Å². The van der Waals surface area contributed by atoms with E-state index in [0.29, 0.717) is 28.1 Å². The van der Waals surface area contributed by atoms with E-state index in [0.717, 1.165) is 29.7 Å². The van der Waals surface area contributed by atoms with Gasteiger partial charge in [-0.05, 0) is 66.8 Å². The zero-order valence-electron chi connectivity index (χ0n) is 18.2. The molecule has 1 N–H and O–H groups in total. The van der Waals surface area contributed by atoms with Crippen LogP contribution in [-0.4, -0.2) is 15.9 Å². The van der Waals surface area contributed by atoms with E-state index in [1.165, 1.54) is 16.9 Å². The van der Waals surface area contributed by atoms with Crippen molar-refractivity contribution in [3.8, 4) is 16.7 Å². The van der Waals surface area contributed by atoms with Crippen molar-refractivity contribution in [1.29, 1.82) is 0 Å². The maximum Gasteiger partial charge on any atom is 0.279 e. The van der Waals surface area contributed by atoms with Crippen LogP contribution in [0.1, 0.15) is 44.6 Å². The summed E-state index contributed by atoms with van der Waals surface area (Å²) in [6, 6.07) is 19.9. The number of rotatable bonds is 6. The largest absolute Gasteiger partial charge is 0.485 e. The Morgan fingerprint density at radius 2 is 1.97 bits per heavy atom. The summed E-state index contributed by atoms with van der Waals surface area (Å²) in [5.41, 5.74) is 3.94. The Balaban J connectivity index is 1.24. The lowest BCUT2D eigenvalue weighted by molar-refractivity contribution is 0.0954. The molecule has 0 spiro atoms. The Labute approximate surface area is 196 Å². The molecule has 6 nitrogen and oxygen atoms in total. The molecule has 1 aliphatic heterocycles. The number of ether oxygens (including phenoxy) is 2. The average Bonchev–Trinajstić information content (AvgIpc) is 3.23. The molecule has 0 aliphatic carbocycles. The van der Waals surface area contributed by atoms with Crippen LogP contribution in [0.25, 0.3) is 0 Å². The van der Waals surface area contributed by atoms with Crippen LogP contribution in [-0.2, 0) is 13.0 Å². The fraction of sp³-hybridized carbons (Fsp3) is 0.192. The van der Waals surface area contributed by atoms with Crippen LogP contribution in [0.3, 0.4) is 0 Å². The lowest BCUT2D eigenvalue weighted by Gasteiger charge is -2.26. The maximum atomic E-state index is 12.6. The Kier molecular flexibility index (Phi) is 6.04. The summed E-state index contributed by atoms with van der Waals surface area (Å²) >= 11 is 1.24. The number of amides is 1. The molecule has 0 radical (unpaired) electrons. The molecule has 1 aliphatic rings. The number of aryl methyl sites for hydroxylation is 2. The molecule has 33 heavy (non-hydrogen) atoms. The van der Waals surface area contributed by atoms with Crippen LogP contribution in [0.2, 0.25) is 0 Å². The number of benzene rings is 2. The van der Waals surface area contributed by atoms with Gasteiger partial charge in [0.1, 0.15) is 22.5 Å². The molecular weight excluding hydrogens is 434 g/mol. The first-order valence-corrected chi connectivity index (χ1v) is 11.6. The summed E-state index contributed by atoms with van der Waals surface area (Å²) in [5, 5.41) is 3.37. The predicted octanol–water partition coefficient (Wildman–Crippen LogP) is 5.64. The topological polar surface area (TPSA) is 73.3 Å². The first kappa shape index (κ1) is 21.2. The zero-order valence-corrected chi connectivity index (χ0v) is 19.0. The molecule has 0 bridgehead atoms. The molecule has 1 atom stereocenters. The summed E-state index contributed by atoms with van der Waals surface area (Å²) in [6.45, 7) is 2.25. The third kappa shape index (κ3) is 4.88. The van der Waals surface area contributed by atoms with Crippen LogP contribution < -0.4 is 14.8 Å². The Bertz CT molecular complexity index is 1260. The van der Waals surface area contributed by atoms with Crippen molar-refractivity contribution in [1.82, 2.24) is 15.3 Å². The highest BCUT2D eigenvalue weighted by molar-refractivity contribution is 7.15. The van der Waals surface area contributed by atoms with E-state index < -0.39 is 0 Å². The second-order valence-electron chi connectivity index (χ2n) is 7.86. The molecule has 2 aromatic carbocycles. The van der Waals surface area contributed by atoms with E-state index >= 15 is 0 Å². The van der Waals surface area contributed by atoms with Crippen molar-refractivity contribution in [2.75, 3.05) is 0 Å². The molecule has 0 saturated heterocycles. The number of carbonyl (C=O) groups excluding carboxylic acids is 1. The molecule has 0 fully saturated rings. The van der Waals surface area contributed by atoms with E-state index in [2.05, 4.69) is 27.4 Å². The molecule has 1 amide bonds. The monoisotopic (exact) mass is 457 g/mol. The number of thiazole rings is 1. The highest BCUT2D eigenvalue weighted by Gasteiger charge is 2.22. The van der Waals surface area contributed by atoms with Crippen LogP contribution in [0.15, 0.2) is 73.1 Å². The van der Waals surface area contributed by atoms with Crippen molar-refractivity contribution in [3.05, 3.63) is 100 Å². The number of fused-ring (bicyclic) bond motifs is 1. The van der Waals surface area contributed by atoms with Crippen molar-refractivity contribution in [2.24, 2.45) is 0 Å². The molecule has 0 unspecified atom stereocenters. The average molecular weight is 458 g/mol. The van der Waals surface area contributed by atoms with Gasteiger partial charge in [-0.25, -0.2) is 4.98 Å². The van der Waals surface area contributed by atoms with Gasteiger partial charge in [-0.3, -0.25) is 9.78 Å². The number of nitrogens with one attached hydrogen (secondary N) is 1. The summed E-state index contributed by atoms with van der Waals surface area (Å²) in [6.07, 6.45) is 5.30. The SMILES string of the molecule is Cc1nc(Oc2ccc3c(c2)CC[C@@H](c2ccccc2)O3)sc1C(=O)NCc1ccncc1. The highest BCUT2D eigenvalue weighted by atomic mass is 32.1. The molecule has 0 saturated carbocycles. The van der Waals surface area contributed by atoms with Gasteiger partial charge in [0.2, 0.25) is 0 Å². The quantitative estimate of drug-likeness (QED) is 0.406. The number of hydrogen-bond acceptors (Lipinski definition) is 6. The van der Waals surface area contributed by atoms with Crippen LogP contribution in [0, 0.1) is 6.92 Å². The van der Waals surface area contributed by atoms with Gasteiger partial charge in [0.25, 0.3) is 11.1 Å². The third-order valence-electron chi connectivity index (χ3n) is 5.54. The minimum atomic E-state index is -0.164. The van der Waals surface area contributed by atoms with Gasteiger partial charge in [0.05, 0.1) is 5.69 Å². The lowest BCUT2D eigenvalue weighted by atomic mass is 9.97. The molecule has 166 valence electrons. The molecule has 5 rings (SSSR count). The second-order valence-corrected chi connectivity index (χ2v) is 8.82. The van der Waals surface area contributed by atoms with E-state index in [4.69, 9.17) is 9.47 Å². The fourth-order valence-corrected chi connectivity index (χ4v) is 4.67. The number of nitrogens with zero attached hydrogens (tertiary/aromatic N) is 2. The van der Waals surface area contributed by atoms with Crippen molar-refractivity contribution < 1.29 is 14.3 Å². The lowest BCUT2D eigenvalue weighted by Crippen LogP contribution is -2.22. The van der Waals surface area contributed by atoms with Gasteiger partial charge < -0.3 is 14.8 Å². The summed E-state index contributed by atoms with van der Waals surface area (Å²) in [7, 11) is 0. The normalized spacial score (nSPS) is 14.8. The highest BCUT2D eigenvalue weighted by Crippen LogP contribution is 2.38.